The Morgan fingerprint density at radius 3 is 2.46 bits per heavy atom. The summed E-state index contributed by atoms with van der Waals surface area (Å²) in [7, 11) is 1.51. The standard InChI is InChI=1S/C19H19ClN2O4/c1-3-26-14-7-10(6-13(20)17(14)25-2)9-21-22-18(23)15-11-4-5-12(8-11)16(15)19(22)24/h4-7,9,11-12,15-16H,3,8H2,1-2H3. The van der Waals surface area contributed by atoms with Crippen molar-refractivity contribution in [1.29, 1.82) is 0 Å². The van der Waals surface area contributed by atoms with Crippen LogP contribution in [0.2, 0.25) is 5.02 Å². The Labute approximate surface area is 156 Å². The number of hydrogen-bond donors (Lipinski definition) is 0. The lowest BCUT2D eigenvalue weighted by molar-refractivity contribution is -0.140. The first-order chi connectivity index (χ1) is 12.5. The molecule has 7 heteroatoms. The number of rotatable bonds is 5. The van der Waals surface area contributed by atoms with Crippen LogP contribution >= 0.6 is 11.6 Å². The number of fused-ring (bicyclic) bond motifs is 5. The minimum Gasteiger partial charge on any atom is -0.491 e. The van der Waals surface area contributed by atoms with Gasteiger partial charge in [0.1, 0.15) is 0 Å². The second-order valence-corrected chi connectivity index (χ2v) is 7.11. The first-order valence-electron chi connectivity index (χ1n) is 8.65. The Hall–Kier alpha value is -2.34. The highest BCUT2D eigenvalue weighted by Gasteiger charge is 2.59. The lowest BCUT2D eigenvalue weighted by Gasteiger charge is -2.13. The van der Waals surface area contributed by atoms with Gasteiger partial charge in [-0.05, 0) is 42.9 Å². The number of carbonyl (C=O) groups excluding carboxylic acids is 2. The van der Waals surface area contributed by atoms with E-state index in [4.69, 9.17) is 21.1 Å². The Morgan fingerprint density at radius 2 is 1.88 bits per heavy atom. The number of hydrogen-bond acceptors (Lipinski definition) is 5. The molecular weight excluding hydrogens is 356 g/mol. The highest BCUT2D eigenvalue weighted by molar-refractivity contribution is 6.32. The second kappa shape index (κ2) is 6.43. The predicted octanol–water partition coefficient (Wildman–Crippen LogP) is 2.89. The molecule has 1 saturated heterocycles. The predicted molar refractivity (Wildman–Crippen MR) is 96.3 cm³/mol. The number of allylic oxidation sites excluding steroid dienone is 2. The Morgan fingerprint density at radius 1 is 1.23 bits per heavy atom. The fourth-order valence-corrected chi connectivity index (χ4v) is 4.54. The number of methoxy groups -OCH3 is 1. The molecule has 0 aromatic heterocycles. The van der Waals surface area contributed by atoms with E-state index < -0.39 is 0 Å². The maximum atomic E-state index is 12.6. The van der Waals surface area contributed by atoms with Gasteiger partial charge in [-0.15, -0.1) is 0 Å². The largest absolute Gasteiger partial charge is 0.491 e. The molecule has 4 unspecified atom stereocenters. The molecule has 4 rings (SSSR count). The van der Waals surface area contributed by atoms with Crippen molar-refractivity contribution >= 4 is 29.6 Å². The van der Waals surface area contributed by atoms with Gasteiger partial charge < -0.3 is 9.47 Å². The van der Waals surface area contributed by atoms with E-state index in [1.807, 2.05) is 6.92 Å². The molecule has 0 N–H and O–H groups in total. The molecule has 4 atom stereocenters. The molecule has 6 nitrogen and oxygen atoms in total. The third kappa shape index (κ3) is 2.51. The Bertz CT molecular complexity index is 805. The van der Waals surface area contributed by atoms with Crippen LogP contribution in [0, 0.1) is 23.7 Å². The Kier molecular flexibility index (Phi) is 4.23. The van der Waals surface area contributed by atoms with Gasteiger partial charge in [0.15, 0.2) is 11.5 Å². The third-order valence-corrected chi connectivity index (χ3v) is 5.59. The molecule has 2 bridgehead atoms. The summed E-state index contributed by atoms with van der Waals surface area (Å²) >= 11 is 6.23. The van der Waals surface area contributed by atoms with Crippen molar-refractivity contribution in [1.82, 2.24) is 5.01 Å². The van der Waals surface area contributed by atoms with E-state index in [-0.39, 0.29) is 35.5 Å². The Balaban J connectivity index is 1.59. The summed E-state index contributed by atoms with van der Waals surface area (Å²) in [6.45, 7) is 2.31. The first-order valence-corrected chi connectivity index (χ1v) is 9.03. The molecule has 1 aromatic rings. The fourth-order valence-electron chi connectivity index (χ4n) is 4.25. The average molecular weight is 375 g/mol. The van der Waals surface area contributed by atoms with Crippen LogP contribution in [0.4, 0.5) is 0 Å². The van der Waals surface area contributed by atoms with E-state index in [2.05, 4.69) is 17.3 Å². The van der Waals surface area contributed by atoms with E-state index >= 15 is 0 Å². The molecule has 136 valence electrons. The fraction of sp³-hybridized carbons (Fsp3) is 0.421. The summed E-state index contributed by atoms with van der Waals surface area (Å²) < 4.78 is 10.8. The highest BCUT2D eigenvalue weighted by Crippen LogP contribution is 2.52. The molecule has 1 aliphatic heterocycles. The number of hydrazone groups is 1. The lowest BCUT2D eigenvalue weighted by atomic mass is 9.85. The minimum atomic E-state index is -0.256. The van der Waals surface area contributed by atoms with Crippen LogP contribution in [-0.4, -0.2) is 36.8 Å². The quantitative estimate of drug-likeness (QED) is 0.451. The molecule has 26 heavy (non-hydrogen) atoms. The van der Waals surface area contributed by atoms with Crippen LogP contribution in [0.15, 0.2) is 29.4 Å². The normalized spacial score (nSPS) is 29.1. The number of amides is 2. The van der Waals surface area contributed by atoms with Crippen molar-refractivity contribution in [2.45, 2.75) is 13.3 Å². The van der Waals surface area contributed by atoms with Gasteiger partial charge in [-0.25, -0.2) is 0 Å². The van der Waals surface area contributed by atoms with Crippen LogP contribution in [0.3, 0.4) is 0 Å². The molecule has 1 aromatic carbocycles. The smallest absolute Gasteiger partial charge is 0.254 e. The van der Waals surface area contributed by atoms with Crippen molar-refractivity contribution in [3.63, 3.8) is 0 Å². The van der Waals surface area contributed by atoms with Crippen molar-refractivity contribution < 1.29 is 19.1 Å². The van der Waals surface area contributed by atoms with Gasteiger partial charge in [0.25, 0.3) is 11.8 Å². The van der Waals surface area contributed by atoms with Gasteiger partial charge >= 0.3 is 0 Å². The van der Waals surface area contributed by atoms with Gasteiger partial charge in [-0.3, -0.25) is 9.59 Å². The second-order valence-electron chi connectivity index (χ2n) is 6.70. The van der Waals surface area contributed by atoms with Gasteiger partial charge in [0.2, 0.25) is 0 Å². The molecule has 0 spiro atoms. The molecule has 1 saturated carbocycles. The summed E-state index contributed by atoms with van der Waals surface area (Å²) in [5.74, 6) is 0.332. The summed E-state index contributed by atoms with van der Waals surface area (Å²) in [5.41, 5.74) is 0.623. The number of ether oxygens (including phenoxy) is 2. The molecule has 0 radical (unpaired) electrons. The molecule has 2 amide bonds. The molecular formula is C19H19ClN2O4. The topological polar surface area (TPSA) is 68.2 Å². The van der Waals surface area contributed by atoms with Gasteiger partial charge in [-0.2, -0.15) is 10.1 Å². The van der Waals surface area contributed by atoms with Crippen molar-refractivity contribution in [3.8, 4) is 11.5 Å². The van der Waals surface area contributed by atoms with Crippen LogP contribution in [0.5, 0.6) is 11.5 Å². The SMILES string of the molecule is CCOc1cc(C=NN2C(=O)C3C4C=CC(C4)C3C2=O)cc(Cl)c1OC. The van der Waals surface area contributed by atoms with Crippen LogP contribution in [0.25, 0.3) is 0 Å². The first kappa shape index (κ1) is 17.1. The van der Waals surface area contributed by atoms with Crippen LogP contribution < -0.4 is 9.47 Å². The number of halogens is 1. The summed E-state index contributed by atoms with van der Waals surface area (Å²) in [5, 5.41) is 5.55. The van der Waals surface area contributed by atoms with Gasteiger partial charge in [-0.1, -0.05) is 23.8 Å². The monoisotopic (exact) mass is 374 g/mol. The minimum absolute atomic E-state index is 0.168. The van der Waals surface area contributed by atoms with E-state index in [1.165, 1.54) is 13.3 Å². The maximum Gasteiger partial charge on any atom is 0.254 e. The maximum absolute atomic E-state index is 12.6. The van der Waals surface area contributed by atoms with Crippen molar-refractivity contribution in [2.24, 2.45) is 28.8 Å². The van der Waals surface area contributed by atoms with Crippen LogP contribution in [-0.2, 0) is 9.59 Å². The van der Waals surface area contributed by atoms with E-state index in [0.29, 0.717) is 28.7 Å². The van der Waals surface area contributed by atoms with E-state index in [1.54, 1.807) is 12.1 Å². The third-order valence-electron chi connectivity index (χ3n) is 5.31. The number of carbonyl (C=O) groups is 2. The van der Waals surface area contributed by atoms with Crippen LogP contribution in [0.1, 0.15) is 18.9 Å². The number of nitrogens with zero attached hydrogens (tertiary/aromatic N) is 2. The lowest BCUT2D eigenvalue weighted by Crippen LogP contribution is -2.28. The van der Waals surface area contributed by atoms with Gasteiger partial charge in [0, 0.05) is 0 Å². The summed E-state index contributed by atoms with van der Waals surface area (Å²) in [6, 6.07) is 3.37. The summed E-state index contributed by atoms with van der Waals surface area (Å²) in [4.78, 5) is 25.3. The number of benzene rings is 1. The zero-order chi connectivity index (χ0) is 18.4. The molecule has 3 aliphatic rings. The zero-order valence-electron chi connectivity index (χ0n) is 14.5. The van der Waals surface area contributed by atoms with Gasteiger partial charge in [0.05, 0.1) is 36.8 Å². The highest BCUT2D eigenvalue weighted by atomic mass is 35.5. The number of imide groups is 1. The van der Waals surface area contributed by atoms with Crippen molar-refractivity contribution in [2.75, 3.05) is 13.7 Å². The van der Waals surface area contributed by atoms with E-state index in [0.717, 1.165) is 11.4 Å². The molecule has 2 fully saturated rings. The van der Waals surface area contributed by atoms with Crippen molar-refractivity contribution in [3.05, 3.63) is 34.9 Å². The van der Waals surface area contributed by atoms with E-state index in [9.17, 15) is 9.59 Å². The molecule has 2 aliphatic carbocycles. The average Bonchev–Trinajstić information content (AvgIpc) is 3.28. The summed E-state index contributed by atoms with van der Waals surface area (Å²) in [6.07, 6.45) is 6.47. The zero-order valence-corrected chi connectivity index (χ0v) is 15.3. The molecule has 1 heterocycles.